The summed E-state index contributed by atoms with van der Waals surface area (Å²) in [5.41, 5.74) is 1.92. The van der Waals surface area contributed by atoms with Crippen molar-refractivity contribution in [1.29, 1.82) is 0 Å². The van der Waals surface area contributed by atoms with Gasteiger partial charge in [0.1, 0.15) is 29.5 Å². The monoisotopic (exact) mass is 513 g/mol. The Kier molecular flexibility index (Phi) is 7.99. The van der Waals surface area contributed by atoms with Crippen LogP contribution < -0.4 is 19.9 Å². The maximum Gasteiger partial charge on any atom is 0.437 e. The third kappa shape index (κ3) is 5.47. The highest BCUT2D eigenvalue weighted by Crippen LogP contribution is 2.67. The molecule has 7 nitrogen and oxygen atoms in total. The molecule has 1 fully saturated rings. The molecule has 1 amide bonds. The summed E-state index contributed by atoms with van der Waals surface area (Å²) in [7, 11) is 0.270. The molecule has 0 aromatic heterocycles. The molecule has 4 rings (SSSR count). The van der Waals surface area contributed by atoms with Gasteiger partial charge in [0.15, 0.2) is 0 Å². The number of benzene rings is 3. The molecule has 0 spiro atoms. The fourth-order valence-electron chi connectivity index (χ4n) is 4.17. The molecule has 1 aliphatic rings. The molecule has 3 aromatic rings. The molecule has 1 aliphatic heterocycles. The maximum atomic E-state index is 13.2. The average molecular weight is 514 g/mol. The highest BCUT2D eigenvalue weighted by atomic mass is 32.7. The summed E-state index contributed by atoms with van der Waals surface area (Å²) in [5.74, 6) is 1.78. The van der Waals surface area contributed by atoms with E-state index in [1.54, 1.807) is 21.1 Å². The van der Waals surface area contributed by atoms with Crippen LogP contribution in [0.15, 0.2) is 78.9 Å². The van der Waals surface area contributed by atoms with Crippen LogP contribution in [0.5, 0.6) is 11.5 Å². The molecule has 1 saturated heterocycles. The van der Waals surface area contributed by atoms with E-state index in [9.17, 15) is 9.69 Å². The van der Waals surface area contributed by atoms with Gasteiger partial charge in [0.25, 0.3) is 5.91 Å². The Morgan fingerprint density at radius 2 is 1.46 bits per heavy atom. The van der Waals surface area contributed by atoms with E-state index in [4.69, 9.17) is 14.0 Å². The lowest BCUT2D eigenvalue weighted by Crippen LogP contribution is -2.53. The minimum Gasteiger partial charge on any atom is -0.497 e. The Morgan fingerprint density at radius 1 is 0.943 bits per heavy atom. The molecule has 0 aliphatic carbocycles. The van der Waals surface area contributed by atoms with Crippen molar-refractivity contribution in [1.82, 2.24) is 10.4 Å². The summed E-state index contributed by atoms with van der Waals surface area (Å²) in [6.45, 7) is 2.20. The number of nitrogens with one attached hydrogen (secondary N) is 2. The predicted octanol–water partition coefficient (Wildman–Crippen LogP) is 4.52. The van der Waals surface area contributed by atoms with Crippen molar-refractivity contribution >= 4 is 24.4 Å². The second-order valence-corrected chi connectivity index (χ2v) is 12.6. The highest BCUT2D eigenvalue weighted by Gasteiger charge is 2.49. The average Bonchev–Trinajstić information content (AvgIpc) is 3.33. The lowest BCUT2D eigenvalue weighted by Gasteiger charge is -2.39. The van der Waals surface area contributed by atoms with E-state index in [1.807, 2.05) is 78.9 Å². The molecule has 3 aromatic carbocycles. The van der Waals surface area contributed by atoms with Crippen LogP contribution >= 0.6 is 18.5 Å². The summed E-state index contributed by atoms with van der Waals surface area (Å²) in [5, 5.41) is 6.33. The molecule has 1 heterocycles. The normalized spacial score (nSPS) is 18.6. The number of rotatable bonds is 9. The van der Waals surface area contributed by atoms with Crippen molar-refractivity contribution in [2.75, 3.05) is 26.6 Å². The largest absolute Gasteiger partial charge is 0.497 e. The first-order valence-electron chi connectivity index (χ1n) is 11.3. The number of methoxy groups -OCH3 is 2. The van der Waals surface area contributed by atoms with Gasteiger partial charge in [-0.1, -0.05) is 54.6 Å². The van der Waals surface area contributed by atoms with E-state index in [0.717, 1.165) is 28.2 Å². The number of ether oxygens (including phenoxy) is 2. The first-order chi connectivity index (χ1) is 16.9. The number of carbonyl (C=O) groups is 1. The van der Waals surface area contributed by atoms with Gasteiger partial charge in [-0.15, -0.1) is 0 Å². The fraction of sp³-hybridized carbons (Fsp3) is 0.269. The molecular weight excluding hydrogens is 483 g/mol. The van der Waals surface area contributed by atoms with Crippen LogP contribution in [-0.2, 0) is 14.9 Å². The molecule has 0 radical (unpaired) electrons. The van der Waals surface area contributed by atoms with Crippen molar-refractivity contribution in [2.24, 2.45) is 0 Å². The fourth-order valence-corrected chi connectivity index (χ4v) is 7.59. The van der Waals surface area contributed by atoms with Crippen LogP contribution in [0.25, 0.3) is 0 Å². The van der Waals surface area contributed by atoms with Crippen molar-refractivity contribution in [3.63, 3.8) is 0 Å². The van der Waals surface area contributed by atoms with Gasteiger partial charge in [0.2, 0.25) is 0 Å². The lowest BCUT2D eigenvalue weighted by atomic mass is 9.76. The smallest absolute Gasteiger partial charge is 0.437 e. The van der Waals surface area contributed by atoms with Crippen molar-refractivity contribution in [3.8, 4) is 11.5 Å². The zero-order chi connectivity index (χ0) is 24.9. The molecule has 3 N–H and O–H groups in total. The number of hydrogen-bond acceptors (Lipinski definition) is 7. The molecular formula is C26H30N2O5PS+. The van der Waals surface area contributed by atoms with Crippen molar-refractivity contribution in [2.45, 2.75) is 18.5 Å². The van der Waals surface area contributed by atoms with Crippen LogP contribution in [0, 0.1) is 0 Å². The second kappa shape index (κ2) is 11.0. The predicted molar refractivity (Wildman–Crippen MR) is 141 cm³/mol. The minimum absolute atomic E-state index is 0.336. The first kappa shape index (κ1) is 25.5. The lowest BCUT2D eigenvalue weighted by molar-refractivity contribution is -0.121. The van der Waals surface area contributed by atoms with Gasteiger partial charge in [-0.2, -0.15) is 14.5 Å². The first-order valence-corrected chi connectivity index (χ1v) is 14.5. The summed E-state index contributed by atoms with van der Waals surface area (Å²) in [6, 6.07) is 24.9. The van der Waals surface area contributed by atoms with Crippen molar-refractivity contribution in [3.05, 3.63) is 95.6 Å². The van der Waals surface area contributed by atoms with Gasteiger partial charge >= 0.3 is 7.07 Å². The molecule has 2 atom stereocenters. The van der Waals surface area contributed by atoms with Gasteiger partial charge < -0.3 is 9.47 Å². The summed E-state index contributed by atoms with van der Waals surface area (Å²) in [4.78, 5) is 23.9. The van der Waals surface area contributed by atoms with Gasteiger partial charge in [-0.25, -0.2) is 0 Å². The van der Waals surface area contributed by atoms with E-state index in [-0.39, 0.29) is 5.91 Å². The molecule has 1 unspecified atom stereocenters. The van der Waals surface area contributed by atoms with Crippen LogP contribution in [0.4, 0.5) is 0 Å². The molecule has 9 heteroatoms. The molecule has 35 heavy (non-hydrogen) atoms. The summed E-state index contributed by atoms with van der Waals surface area (Å²) in [6.07, 6.45) is 0. The maximum absolute atomic E-state index is 13.2. The Hall–Kier alpha value is -2.61. The van der Waals surface area contributed by atoms with Crippen LogP contribution in [0.2, 0.25) is 0 Å². The number of hydrogen-bond donors (Lipinski definition) is 3. The topological polar surface area (TPSA) is 89.1 Å². The number of carbonyl (C=O) groups excluding carboxylic acids is 1. The molecule has 0 saturated carbocycles. The Balaban J connectivity index is 1.82. The van der Waals surface area contributed by atoms with Gasteiger partial charge in [0, 0.05) is 0 Å². The SMILES string of the molecule is COc1ccc(C(N[C@@H](C)C(=O)N[P+]2(O)OCCS2)(c2ccccc2)c2ccc(OC)cc2)cc1. The quantitative estimate of drug-likeness (QED) is 0.286. The number of amides is 1. The van der Waals surface area contributed by atoms with E-state index < -0.39 is 18.6 Å². The van der Waals surface area contributed by atoms with E-state index in [0.29, 0.717) is 12.4 Å². The molecule has 184 valence electrons. The Morgan fingerprint density at radius 3 is 1.91 bits per heavy atom. The van der Waals surface area contributed by atoms with E-state index in [1.165, 1.54) is 11.4 Å². The Labute approximate surface area is 210 Å². The van der Waals surface area contributed by atoms with E-state index >= 15 is 0 Å². The summed E-state index contributed by atoms with van der Waals surface area (Å²) < 4.78 is 16.2. The summed E-state index contributed by atoms with van der Waals surface area (Å²) >= 11 is 1.26. The molecule has 0 bridgehead atoms. The highest BCUT2D eigenvalue weighted by molar-refractivity contribution is 8.59. The van der Waals surface area contributed by atoms with E-state index in [2.05, 4.69) is 10.4 Å². The second-order valence-electron chi connectivity index (χ2n) is 8.10. The zero-order valence-corrected chi connectivity index (χ0v) is 21.6. The standard InChI is InChI=1S/C26H29N2O5PS/c1-19(25(29)28-34(30)33-17-18-35-34)27-26(20-7-5-4-6-8-20,21-9-13-23(31-2)14-10-21)22-11-15-24(32-3)16-12-22/h4-16,19,27,30H,17-18H2,1-3H3/p+1/t19-,34?/m0/s1. The van der Waals surface area contributed by atoms with Crippen LogP contribution in [-0.4, -0.2) is 43.4 Å². The third-order valence-electron chi connectivity index (χ3n) is 5.95. The van der Waals surface area contributed by atoms with Gasteiger partial charge in [-0.3, -0.25) is 10.1 Å². The minimum atomic E-state index is -2.99. The third-order valence-corrected chi connectivity index (χ3v) is 9.87. The van der Waals surface area contributed by atoms with Crippen molar-refractivity contribution < 1.29 is 23.7 Å². The van der Waals surface area contributed by atoms with Gasteiger partial charge in [0.05, 0.1) is 31.6 Å². The van der Waals surface area contributed by atoms with Gasteiger partial charge in [-0.05, 0) is 47.9 Å². The Bertz CT molecular complexity index is 1080. The van der Waals surface area contributed by atoms with Crippen LogP contribution in [0.1, 0.15) is 23.6 Å². The zero-order valence-electron chi connectivity index (χ0n) is 19.9. The van der Waals surface area contributed by atoms with Crippen LogP contribution in [0.3, 0.4) is 0 Å².